The van der Waals surface area contributed by atoms with Crippen molar-refractivity contribution in [2.45, 2.75) is 13.5 Å². The summed E-state index contributed by atoms with van der Waals surface area (Å²) in [5.41, 5.74) is 1.33. The lowest BCUT2D eigenvalue weighted by molar-refractivity contribution is -0.120. The van der Waals surface area contributed by atoms with Gasteiger partial charge in [0.1, 0.15) is 18.1 Å². The lowest BCUT2D eigenvalue weighted by Gasteiger charge is -2.26. The van der Waals surface area contributed by atoms with E-state index in [2.05, 4.69) is 30.8 Å². The first kappa shape index (κ1) is 17.8. The molecular weight excluding hydrogens is 367 g/mol. The normalized spacial score (nSPS) is 14.1. The maximum atomic E-state index is 13.1. The monoisotopic (exact) mass is 384 g/mol. The largest absolute Gasteiger partial charge is 0.470 e. The summed E-state index contributed by atoms with van der Waals surface area (Å²) in [6.07, 6.45) is 1.11. The van der Waals surface area contributed by atoms with Gasteiger partial charge in [-0.25, -0.2) is 9.37 Å². The van der Waals surface area contributed by atoms with E-state index in [4.69, 9.17) is 4.74 Å². The molecule has 0 spiro atoms. The molecule has 4 rings (SSSR count). The number of piperazine rings is 1. The molecule has 1 saturated heterocycles. The van der Waals surface area contributed by atoms with Crippen molar-refractivity contribution in [1.82, 2.24) is 35.5 Å². The Labute approximate surface area is 159 Å². The Hall–Kier alpha value is -3.63. The number of rotatable bonds is 5. The molecule has 3 aromatic heterocycles. The summed E-state index contributed by atoms with van der Waals surface area (Å²) in [5, 5.41) is 19.0. The van der Waals surface area contributed by atoms with Gasteiger partial charge in [-0.05, 0) is 25.1 Å². The number of hydrogen-bond donors (Lipinski definition) is 1. The third-order valence-electron chi connectivity index (χ3n) is 4.23. The van der Waals surface area contributed by atoms with Crippen molar-refractivity contribution < 1.29 is 13.9 Å². The number of pyridine rings is 1. The van der Waals surface area contributed by atoms with Gasteiger partial charge in [-0.15, -0.1) is 15.3 Å². The van der Waals surface area contributed by atoms with Gasteiger partial charge in [0.25, 0.3) is 0 Å². The molecule has 0 radical (unpaired) electrons. The minimum Gasteiger partial charge on any atom is -0.470 e. The Balaban J connectivity index is 1.45. The Morgan fingerprint density at radius 3 is 2.75 bits per heavy atom. The highest BCUT2D eigenvalue weighted by molar-refractivity contribution is 5.82. The Kier molecular flexibility index (Phi) is 4.79. The highest BCUT2D eigenvalue weighted by atomic mass is 19.1. The van der Waals surface area contributed by atoms with E-state index in [-0.39, 0.29) is 19.1 Å². The summed E-state index contributed by atoms with van der Waals surface area (Å²) in [6, 6.07) is 6.25. The van der Waals surface area contributed by atoms with Gasteiger partial charge < -0.3 is 15.0 Å². The fraction of sp³-hybridized carbons (Fsp3) is 0.294. The van der Waals surface area contributed by atoms with Crippen LogP contribution in [-0.4, -0.2) is 55.7 Å². The quantitative estimate of drug-likeness (QED) is 0.674. The molecule has 1 fully saturated rings. The molecule has 0 aliphatic carbocycles. The summed E-state index contributed by atoms with van der Waals surface area (Å²) < 4.78 is 20.3. The third-order valence-corrected chi connectivity index (χ3v) is 4.23. The maximum Gasteiger partial charge on any atom is 0.239 e. The predicted octanol–water partition coefficient (Wildman–Crippen LogP) is 0.415. The van der Waals surface area contributed by atoms with Gasteiger partial charge in [0.05, 0.1) is 18.4 Å². The second-order valence-corrected chi connectivity index (χ2v) is 6.16. The van der Waals surface area contributed by atoms with E-state index in [1.165, 1.54) is 16.8 Å². The first-order chi connectivity index (χ1) is 13.6. The number of anilines is 1. The zero-order valence-electron chi connectivity index (χ0n) is 15.0. The van der Waals surface area contributed by atoms with E-state index < -0.39 is 5.82 Å². The number of amides is 1. The molecule has 4 heterocycles. The molecule has 1 aliphatic heterocycles. The van der Waals surface area contributed by atoms with Crippen LogP contribution in [0.1, 0.15) is 11.4 Å². The van der Waals surface area contributed by atoms with E-state index in [1.54, 1.807) is 19.1 Å². The summed E-state index contributed by atoms with van der Waals surface area (Å²) in [5.74, 6) is 0.898. The van der Waals surface area contributed by atoms with Gasteiger partial charge in [0.2, 0.25) is 11.8 Å². The Morgan fingerprint density at radius 1 is 1.18 bits per heavy atom. The van der Waals surface area contributed by atoms with Crippen LogP contribution in [0.2, 0.25) is 0 Å². The average Bonchev–Trinajstić information content (AvgIpc) is 3.08. The van der Waals surface area contributed by atoms with Crippen LogP contribution in [-0.2, 0) is 11.4 Å². The molecule has 3 aromatic rings. The van der Waals surface area contributed by atoms with Crippen molar-refractivity contribution in [2.75, 3.05) is 24.5 Å². The molecule has 0 aromatic carbocycles. The molecule has 0 unspecified atom stereocenters. The van der Waals surface area contributed by atoms with Crippen molar-refractivity contribution in [2.24, 2.45) is 0 Å². The number of aryl methyl sites for hydroxylation is 1. The lowest BCUT2D eigenvalue weighted by Crippen LogP contribution is -2.48. The topological polar surface area (TPSA) is 111 Å². The molecule has 1 aliphatic rings. The molecule has 0 saturated carbocycles. The minimum absolute atomic E-state index is 0.0426. The molecule has 11 heteroatoms. The zero-order chi connectivity index (χ0) is 19.5. The first-order valence-electron chi connectivity index (χ1n) is 8.61. The SMILES string of the molecule is Cc1nnn(-c2ccc(F)cn2)c1COc1ccc(N2CCNC(=O)C2)nn1. The highest BCUT2D eigenvalue weighted by Gasteiger charge is 2.18. The van der Waals surface area contributed by atoms with Crippen molar-refractivity contribution in [3.05, 3.63) is 47.7 Å². The fourth-order valence-electron chi connectivity index (χ4n) is 2.75. The molecule has 0 bridgehead atoms. The molecule has 144 valence electrons. The maximum absolute atomic E-state index is 13.1. The van der Waals surface area contributed by atoms with Crippen molar-refractivity contribution in [3.8, 4) is 11.7 Å². The van der Waals surface area contributed by atoms with Crippen LogP contribution in [0.3, 0.4) is 0 Å². The van der Waals surface area contributed by atoms with Gasteiger partial charge in [0, 0.05) is 19.2 Å². The number of ether oxygens (including phenoxy) is 1. The van der Waals surface area contributed by atoms with Crippen LogP contribution >= 0.6 is 0 Å². The molecular formula is C17H17FN8O2. The second kappa shape index (κ2) is 7.55. The van der Waals surface area contributed by atoms with Gasteiger partial charge >= 0.3 is 0 Å². The summed E-state index contributed by atoms with van der Waals surface area (Å²) >= 11 is 0. The lowest BCUT2D eigenvalue weighted by atomic mass is 10.3. The smallest absolute Gasteiger partial charge is 0.239 e. The van der Waals surface area contributed by atoms with E-state index in [1.807, 2.05) is 4.90 Å². The summed E-state index contributed by atoms with van der Waals surface area (Å²) in [7, 11) is 0. The fourth-order valence-corrected chi connectivity index (χ4v) is 2.75. The van der Waals surface area contributed by atoms with E-state index in [9.17, 15) is 9.18 Å². The molecule has 1 amide bonds. The van der Waals surface area contributed by atoms with E-state index in [0.717, 1.165) is 6.20 Å². The second-order valence-electron chi connectivity index (χ2n) is 6.16. The number of nitrogens with one attached hydrogen (secondary N) is 1. The zero-order valence-corrected chi connectivity index (χ0v) is 15.0. The van der Waals surface area contributed by atoms with Crippen LogP contribution in [0.5, 0.6) is 5.88 Å². The van der Waals surface area contributed by atoms with E-state index >= 15 is 0 Å². The number of carbonyl (C=O) groups is 1. The summed E-state index contributed by atoms with van der Waals surface area (Å²) in [4.78, 5) is 17.3. The molecule has 0 atom stereocenters. The Morgan fingerprint density at radius 2 is 2.04 bits per heavy atom. The number of hydrogen-bond acceptors (Lipinski definition) is 8. The molecule has 1 N–H and O–H groups in total. The standard InChI is InChI=1S/C17H17FN8O2/c1-11-13(26(24-21-11)14-3-2-12(18)8-20-14)10-28-17-5-4-15(22-23-17)25-7-6-19-16(27)9-25/h2-5,8H,6-7,9-10H2,1H3,(H,19,27). The number of aromatic nitrogens is 6. The minimum atomic E-state index is -0.431. The van der Waals surface area contributed by atoms with Crippen LogP contribution < -0.4 is 15.0 Å². The first-order valence-corrected chi connectivity index (χ1v) is 8.61. The van der Waals surface area contributed by atoms with Gasteiger partial charge in [0.15, 0.2) is 11.6 Å². The Bertz CT molecular complexity index is 974. The summed E-state index contributed by atoms with van der Waals surface area (Å²) in [6.45, 7) is 3.44. The van der Waals surface area contributed by atoms with Crippen LogP contribution in [0.25, 0.3) is 5.82 Å². The van der Waals surface area contributed by atoms with Gasteiger partial charge in [-0.2, -0.15) is 4.68 Å². The number of carbonyl (C=O) groups excluding carboxylic acids is 1. The molecule has 28 heavy (non-hydrogen) atoms. The van der Waals surface area contributed by atoms with Crippen LogP contribution in [0.4, 0.5) is 10.2 Å². The van der Waals surface area contributed by atoms with Crippen molar-refractivity contribution in [1.29, 1.82) is 0 Å². The average molecular weight is 384 g/mol. The number of halogens is 1. The van der Waals surface area contributed by atoms with Gasteiger partial charge in [-0.1, -0.05) is 5.21 Å². The predicted molar refractivity (Wildman–Crippen MR) is 95.4 cm³/mol. The van der Waals surface area contributed by atoms with Crippen LogP contribution in [0.15, 0.2) is 30.5 Å². The van der Waals surface area contributed by atoms with Crippen LogP contribution in [0, 0.1) is 12.7 Å². The van der Waals surface area contributed by atoms with Crippen molar-refractivity contribution >= 4 is 11.7 Å². The number of nitrogens with zero attached hydrogens (tertiary/aromatic N) is 7. The molecule has 10 nitrogen and oxygen atoms in total. The highest BCUT2D eigenvalue weighted by Crippen LogP contribution is 2.17. The van der Waals surface area contributed by atoms with E-state index in [0.29, 0.717) is 42.0 Å². The third kappa shape index (κ3) is 3.72. The van der Waals surface area contributed by atoms with Crippen molar-refractivity contribution in [3.63, 3.8) is 0 Å². The van der Waals surface area contributed by atoms with Gasteiger partial charge in [-0.3, -0.25) is 4.79 Å².